The van der Waals surface area contributed by atoms with Crippen LogP contribution < -0.4 is 10.1 Å². The number of thioether (sulfide) groups is 1. The number of fused-ring (bicyclic) bond motifs is 3. The van der Waals surface area contributed by atoms with E-state index in [-0.39, 0.29) is 16.6 Å². The molecule has 1 aliphatic carbocycles. The van der Waals surface area contributed by atoms with Crippen molar-refractivity contribution in [2.75, 3.05) is 12.4 Å². The van der Waals surface area contributed by atoms with E-state index in [1.165, 1.54) is 12.1 Å². The van der Waals surface area contributed by atoms with Crippen LogP contribution in [0.5, 0.6) is 5.75 Å². The molecule has 1 atom stereocenters. The molecule has 2 aliphatic rings. The Morgan fingerprint density at radius 3 is 2.67 bits per heavy atom. The van der Waals surface area contributed by atoms with Gasteiger partial charge in [0.05, 0.1) is 29.3 Å². The van der Waals surface area contributed by atoms with Gasteiger partial charge in [-0.15, -0.1) is 11.8 Å². The Morgan fingerprint density at radius 2 is 1.87 bits per heavy atom. The second-order valence-corrected chi connectivity index (χ2v) is 8.23. The molecule has 1 unspecified atom stereocenters. The van der Waals surface area contributed by atoms with Gasteiger partial charge in [-0.2, -0.15) is 0 Å². The van der Waals surface area contributed by atoms with Crippen molar-refractivity contribution in [3.63, 3.8) is 0 Å². The highest BCUT2D eigenvalue weighted by atomic mass is 32.2. The molecule has 0 spiro atoms. The van der Waals surface area contributed by atoms with E-state index in [1.807, 2.05) is 48.5 Å². The molecule has 6 heteroatoms. The summed E-state index contributed by atoms with van der Waals surface area (Å²) in [6.07, 6.45) is 0. The highest BCUT2D eigenvalue weighted by Crippen LogP contribution is 2.52. The maximum atomic E-state index is 13.5. The van der Waals surface area contributed by atoms with Gasteiger partial charge in [0.25, 0.3) is 0 Å². The first-order valence-corrected chi connectivity index (χ1v) is 10.3. The van der Waals surface area contributed by atoms with Crippen molar-refractivity contribution in [3.8, 4) is 5.75 Å². The number of nitrogens with one attached hydrogen (secondary N) is 1. The Balaban J connectivity index is 1.72. The number of rotatable bonds is 3. The summed E-state index contributed by atoms with van der Waals surface area (Å²) < 4.78 is 5.40. The number of anilines is 1. The van der Waals surface area contributed by atoms with E-state index in [9.17, 15) is 14.7 Å². The lowest BCUT2D eigenvalue weighted by molar-refractivity contribution is 0.0697. The summed E-state index contributed by atoms with van der Waals surface area (Å²) in [5, 5.41) is 12.5. The van der Waals surface area contributed by atoms with E-state index in [0.717, 1.165) is 33.2 Å². The van der Waals surface area contributed by atoms with E-state index < -0.39 is 5.97 Å². The minimum atomic E-state index is -1.05. The Morgan fingerprint density at radius 1 is 1.03 bits per heavy atom. The summed E-state index contributed by atoms with van der Waals surface area (Å²) in [4.78, 5) is 26.0. The summed E-state index contributed by atoms with van der Waals surface area (Å²) in [5.41, 5.74) is 4.48. The van der Waals surface area contributed by atoms with Gasteiger partial charge in [0.15, 0.2) is 5.78 Å². The van der Waals surface area contributed by atoms with E-state index in [2.05, 4.69) is 5.32 Å². The standard InChI is InChI=1S/C24H17NO4S/c1-29-15-6-4-5-13(11-15)23-20-21(25-18-7-2-3-8-19(18)30-23)16-10-9-14(24(27)28)12-17(16)22(20)26/h2-12,23,25H,1H3,(H,27,28). The van der Waals surface area contributed by atoms with Crippen molar-refractivity contribution in [2.24, 2.45) is 0 Å². The molecule has 30 heavy (non-hydrogen) atoms. The number of para-hydroxylation sites is 1. The number of carboxylic acid groups (broad SMARTS) is 1. The Bertz CT molecular complexity index is 1250. The number of carboxylic acids is 1. The van der Waals surface area contributed by atoms with Crippen LogP contribution in [0.25, 0.3) is 5.70 Å². The predicted molar refractivity (Wildman–Crippen MR) is 116 cm³/mol. The van der Waals surface area contributed by atoms with Crippen molar-refractivity contribution >= 4 is 34.9 Å². The molecule has 0 saturated carbocycles. The maximum Gasteiger partial charge on any atom is 0.335 e. The lowest BCUT2D eigenvalue weighted by Crippen LogP contribution is -2.08. The van der Waals surface area contributed by atoms with Crippen molar-refractivity contribution < 1.29 is 19.4 Å². The van der Waals surface area contributed by atoms with Crippen LogP contribution in [0.2, 0.25) is 0 Å². The third kappa shape index (κ3) is 2.88. The van der Waals surface area contributed by atoms with E-state index >= 15 is 0 Å². The lowest BCUT2D eigenvalue weighted by atomic mass is 10.00. The SMILES string of the molecule is COc1cccc(C2Sc3ccccc3NC3=C2C(=O)c2cc(C(=O)O)ccc23)c1. The molecule has 0 saturated heterocycles. The predicted octanol–water partition coefficient (Wildman–Crippen LogP) is 5.26. The molecule has 0 aromatic heterocycles. The highest BCUT2D eigenvalue weighted by Gasteiger charge is 2.38. The number of ketones is 1. The molecule has 1 aliphatic heterocycles. The van der Waals surface area contributed by atoms with Crippen LogP contribution in [-0.4, -0.2) is 24.0 Å². The number of aromatic carboxylic acids is 1. The summed E-state index contributed by atoms with van der Waals surface area (Å²) in [5.74, 6) is -0.481. The first-order valence-electron chi connectivity index (χ1n) is 9.40. The van der Waals surface area contributed by atoms with Gasteiger partial charge in [-0.1, -0.05) is 30.3 Å². The zero-order valence-corrected chi connectivity index (χ0v) is 16.8. The first-order chi connectivity index (χ1) is 14.6. The van der Waals surface area contributed by atoms with E-state index in [0.29, 0.717) is 11.1 Å². The molecule has 0 radical (unpaired) electrons. The maximum absolute atomic E-state index is 13.5. The third-order valence-corrected chi connectivity index (χ3v) is 6.70. The fourth-order valence-corrected chi connectivity index (χ4v) is 5.19. The molecule has 1 heterocycles. The minimum Gasteiger partial charge on any atom is -0.497 e. The van der Waals surface area contributed by atoms with Crippen LogP contribution >= 0.6 is 11.8 Å². The van der Waals surface area contributed by atoms with Crippen LogP contribution in [0.15, 0.2) is 77.2 Å². The summed E-state index contributed by atoms with van der Waals surface area (Å²) in [7, 11) is 1.62. The number of methoxy groups -OCH3 is 1. The van der Waals surface area contributed by atoms with Gasteiger partial charge in [0.2, 0.25) is 0 Å². The third-order valence-electron chi connectivity index (χ3n) is 5.34. The molecule has 0 bridgehead atoms. The number of benzene rings is 3. The number of hydrogen-bond acceptors (Lipinski definition) is 5. The number of Topliss-reactive ketones (excluding diaryl/α,β-unsaturated/α-hetero) is 1. The van der Waals surface area contributed by atoms with Gasteiger partial charge in [-0.05, 0) is 42.0 Å². The van der Waals surface area contributed by atoms with Crippen molar-refractivity contribution in [1.29, 1.82) is 0 Å². The summed E-state index contributed by atoms with van der Waals surface area (Å²) in [6, 6.07) is 20.4. The largest absolute Gasteiger partial charge is 0.497 e. The number of hydrogen-bond donors (Lipinski definition) is 2. The average molecular weight is 415 g/mol. The van der Waals surface area contributed by atoms with Crippen LogP contribution in [0, 0.1) is 0 Å². The lowest BCUT2D eigenvalue weighted by Gasteiger charge is -2.18. The summed E-state index contributed by atoms with van der Waals surface area (Å²) >= 11 is 1.60. The highest BCUT2D eigenvalue weighted by molar-refractivity contribution is 8.00. The molecule has 5 nitrogen and oxygen atoms in total. The monoisotopic (exact) mass is 415 g/mol. The fraction of sp³-hybridized carbons (Fsp3) is 0.0833. The molecule has 0 amide bonds. The van der Waals surface area contributed by atoms with Gasteiger partial charge in [0, 0.05) is 21.6 Å². The van der Waals surface area contributed by atoms with Gasteiger partial charge in [-0.25, -0.2) is 4.79 Å². The Kier molecular flexibility index (Phi) is 4.37. The van der Waals surface area contributed by atoms with E-state index in [1.54, 1.807) is 24.9 Å². The normalized spacial score (nSPS) is 16.8. The van der Waals surface area contributed by atoms with E-state index in [4.69, 9.17) is 4.74 Å². The van der Waals surface area contributed by atoms with Crippen LogP contribution in [0.3, 0.4) is 0 Å². The number of carbonyl (C=O) groups excluding carboxylic acids is 1. The van der Waals surface area contributed by atoms with Crippen molar-refractivity contribution in [3.05, 3.63) is 94.6 Å². The molecule has 5 rings (SSSR count). The Hall–Kier alpha value is -3.51. The van der Waals surface area contributed by atoms with Crippen molar-refractivity contribution in [1.82, 2.24) is 0 Å². The number of ether oxygens (including phenoxy) is 1. The zero-order chi connectivity index (χ0) is 20.8. The molecular formula is C24H17NO4S. The van der Waals surface area contributed by atoms with Gasteiger partial charge in [-0.3, -0.25) is 4.79 Å². The molecule has 3 aromatic rings. The van der Waals surface area contributed by atoms with Gasteiger partial charge < -0.3 is 15.2 Å². The van der Waals surface area contributed by atoms with Gasteiger partial charge in [0.1, 0.15) is 5.75 Å². The zero-order valence-electron chi connectivity index (χ0n) is 16.0. The first kappa shape index (κ1) is 18.5. The van der Waals surface area contributed by atoms with Crippen LogP contribution in [0.1, 0.15) is 37.1 Å². The van der Waals surface area contributed by atoms with Crippen LogP contribution in [0.4, 0.5) is 5.69 Å². The second-order valence-electron chi connectivity index (χ2n) is 7.08. The summed E-state index contributed by atoms with van der Waals surface area (Å²) in [6.45, 7) is 0. The van der Waals surface area contributed by atoms with Gasteiger partial charge >= 0.3 is 5.97 Å². The molecule has 148 valence electrons. The minimum absolute atomic E-state index is 0.103. The quantitative estimate of drug-likeness (QED) is 0.608. The topological polar surface area (TPSA) is 75.6 Å². The average Bonchev–Trinajstić information content (AvgIpc) is 2.93. The van der Waals surface area contributed by atoms with Crippen molar-refractivity contribution in [2.45, 2.75) is 10.1 Å². The molecule has 3 aromatic carbocycles. The van der Waals surface area contributed by atoms with Crippen LogP contribution in [-0.2, 0) is 0 Å². The molecule has 2 N–H and O–H groups in total. The fourth-order valence-electron chi connectivity index (χ4n) is 3.90. The molecule has 0 fully saturated rings. The Labute approximate surface area is 177 Å². The smallest absolute Gasteiger partial charge is 0.335 e. The molecular weight excluding hydrogens is 398 g/mol. The number of carbonyl (C=O) groups is 2. The second kappa shape index (κ2) is 7.07.